The second-order valence-corrected chi connectivity index (χ2v) is 8.27. The van der Waals surface area contributed by atoms with E-state index < -0.39 is 0 Å². The first-order chi connectivity index (χ1) is 14.0. The summed E-state index contributed by atoms with van der Waals surface area (Å²) in [5, 5.41) is 0.703. The number of carbonyl (C=O) groups is 1. The van der Waals surface area contributed by atoms with Gasteiger partial charge in [-0.2, -0.15) is 0 Å². The first-order valence-electron chi connectivity index (χ1n) is 10.3. The van der Waals surface area contributed by atoms with Crippen LogP contribution in [0.2, 0.25) is 5.02 Å². The molecular formula is C24H30ClNO3. The van der Waals surface area contributed by atoms with E-state index in [1.165, 1.54) is 11.1 Å². The Morgan fingerprint density at radius 2 is 2.00 bits per heavy atom. The number of benzene rings is 1. The molecule has 29 heavy (non-hydrogen) atoms. The predicted octanol–water partition coefficient (Wildman–Crippen LogP) is 6.11. The van der Waals surface area contributed by atoms with E-state index in [0.29, 0.717) is 31.3 Å². The van der Waals surface area contributed by atoms with Crippen molar-refractivity contribution in [3.63, 3.8) is 0 Å². The Bertz CT molecular complexity index is 798. The van der Waals surface area contributed by atoms with E-state index in [1.54, 1.807) is 0 Å². The molecule has 2 heterocycles. The van der Waals surface area contributed by atoms with Gasteiger partial charge in [0.1, 0.15) is 6.10 Å². The fraction of sp³-hybridized carbons (Fsp3) is 0.458. The number of carbonyl (C=O) groups excluding carboxylic acids is 1. The fourth-order valence-electron chi connectivity index (χ4n) is 3.96. The summed E-state index contributed by atoms with van der Waals surface area (Å²) >= 11 is 6.18. The molecule has 2 fully saturated rings. The third-order valence-corrected chi connectivity index (χ3v) is 5.76. The minimum atomic E-state index is -0.198. The van der Waals surface area contributed by atoms with Gasteiger partial charge in [-0.15, -0.1) is 0 Å². The maximum Gasteiger partial charge on any atom is 0.410 e. The highest BCUT2D eigenvalue weighted by molar-refractivity contribution is 6.30. The standard InChI is InChI=1S/C24H30ClNO3/c1-4-18-16-20(25)5-6-22(18)23(15-17(2)3)19-7-11-26(12-8-19)24(27)29-21-9-13-28-14-10-21/h4-6,16,21H,1-2,7-15H2,3H3. The maximum atomic E-state index is 12.5. The number of allylic oxidation sites excluding steroid dienone is 2. The molecule has 2 saturated heterocycles. The lowest BCUT2D eigenvalue weighted by Crippen LogP contribution is -2.39. The molecule has 0 aromatic heterocycles. The largest absolute Gasteiger partial charge is 0.446 e. The summed E-state index contributed by atoms with van der Waals surface area (Å²) in [6.45, 7) is 12.8. The molecule has 0 radical (unpaired) electrons. The topological polar surface area (TPSA) is 38.8 Å². The molecule has 0 bridgehead atoms. The van der Waals surface area contributed by atoms with Crippen molar-refractivity contribution in [3.05, 3.63) is 58.7 Å². The molecule has 0 spiro atoms. The number of ether oxygens (including phenoxy) is 2. The van der Waals surface area contributed by atoms with Crippen LogP contribution in [0.25, 0.3) is 11.6 Å². The summed E-state index contributed by atoms with van der Waals surface area (Å²) in [6, 6.07) is 5.93. The summed E-state index contributed by atoms with van der Waals surface area (Å²) in [5.74, 6) is 0. The maximum absolute atomic E-state index is 12.5. The van der Waals surface area contributed by atoms with Crippen LogP contribution in [0.15, 0.2) is 42.5 Å². The first-order valence-corrected chi connectivity index (χ1v) is 10.7. The Hall–Kier alpha value is -2.04. The molecule has 2 aliphatic heterocycles. The van der Waals surface area contributed by atoms with Gasteiger partial charge >= 0.3 is 6.09 Å². The molecule has 0 N–H and O–H groups in total. The van der Waals surface area contributed by atoms with Crippen LogP contribution in [0.4, 0.5) is 4.79 Å². The van der Waals surface area contributed by atoms with Gasteiger partial charge in [0, 0.05) is 31.0 Å². The average molecular weight is 416 g/mol. The molecule has 0 atom stereocenters. The van der Waals surface area contributed by atoms with Gasteiger partial charge in [-0.3, -0.25) is 0 Å². The summed E-state index contributed by atoms with van der Waals surface area (Å²) in [6.07, 6.45) is 5.69. The van der Waals surface area contributed by atoms with Gasteiger partial charge in [0.05, 0.1) is 13.2 Å². The van der Waals surface area contributed by atoms with E-state index in [9.17, 15) is 4.79 Å². The highest BCUT2D eigenvalue weighted by Gasteiger charge is 2.26. The fourth-order valence-corrected chi connectivity index (χ4v) is 4.14. The van der Waals surface area contributed by atoms with Gasteiger partial charge in [-0.05, 0) is 55.0 Å². The van der Waals surface area contributed by atoms with Crippen LogP contribution in [-0.2, 0) is 9.47 Å². The van der Waals surface area contributed by atoms with Crippen molar-refractivity contribution in [2.75, 3.05) is 26.3 Å². The Balaban J connectivity index is 1.74. The summed E-state index contributed by atoms with van der Waals surface area (Å²) in [7, 11) is 0. The molecular weight excluding hydrogens is 386 g/mol. The molecule has 2 aliphatic rings. The Morgan fingerprint density at radius 3 is 2.62 bits per heavy atom. The number of halogens is 1. The zero-order valence-electron chi connectivity index (χ0n) is 17.2. The van der Waals surface area contributed by atoms with E-state index in [1.807, 2.05) is 30.0 Å². The molecule has 1 aromatic rings. The number of piperidine rings is 1. The van der Waals surface area contributed by atoms with Crippen LogP contribution < -0.4 is 0 Å². The van der Waals surface area contributed by atoms with Crippen molar-refractivity contribution < 1.29 is 14.3 Å². The van der Waals surface area contributed by atoms with Gasteiger partial charge in [-0.25, -0.2) is 4.79 Å². The summed E-state index contributed by atoms with van der Waals surface area (Å²) in [4.78, 5) is 14.4. The van der Waals surface area contributed by atoms with Crippen molar-refractivity contribution in [1.82, 2.24) is 4.90 Å². The first kappa shape index (κ1) is 21.7. The summed E-state index contributed by atoms with van der Waals surface area (Å²) in [5.41, 5.74) is 5.94. The van der Waals surface area contributed by atoms with Gasteiger partial charge in [0.15, 0.2) is 0 Å². The van der Waals surface area contributed by atoms with Crippen LogP contribution in [-0.4, -0.2) is 43.4 Å². The third-order valence-electron chi connectivity index (χ3n) is 5.52. The molecule has 0 aliphatic carbocycles. The van der Waals surface area contributed by atoms with Crippen LogP contribution in [0, 0.1) is 0 Å². The smallest absolute Gasteiger partial charge is 0.410 e. The minimum absolute atomic E-state index is 0.0172. The lowest BCUT2D eigenvalue weighted by Gasteiger charge is -2.32. The molecule has 0 unspecified atom stereocenters. The van der Waals surface area contributed by atoms with Crippen molar-refractivity contribution in [2.45, 2.75) is 45.1 Å². The van der Waals surface area contributed by atoms with Crippen molar-refractivity contribution in [2.24, 2.45) is 0 Å². The Kier molecular flexibility index (Phi) is 7.57. The van der Waals surface area contributed by atoms with Gasteiger partial charge in [-0.1, -0.05) is 48.0 Å². The van der Waals surface area contributed by atoms with Crippen molar-refractivity contribution in [1.29, 1.82) is 0 Å². The van der Waals surface area contributed by atoms with E-state index in [2.05, 4.69) is 19.2 Å². The molecule has 3 rings (SSSR count). The molecule has 156 valence electrons. The highest BCUT2D eigenvalue weighted by Crippen LogP contribution is 2.34. The highest BCUT2D eigenvalue weighted by atomic mass is 35.5. The van der Waals surface area contributed by atoms with Crippen molar-refractivity contribution in [3.8, 4) is 0 Å². The van der Waals surface area contributed by atoms with E-state index in [0.717, 1.165) is 48.8 Å². The number of nitrogens with zero attached hydrogens (tertiary/aromatic N) is 1. The van der Waals surface area contributed by atoms with Crippen LogP contribution in [0.3, 0.4) is 0 Å². The molecule has 4 nitrogen and oxygen atoms in total. The van der Waals surface area contributed by atoms with E-state index >= 15 is 0 Å². The second-order valence-electron chi connectivity index (χ2n) is 7.83. The summed E-state index contributed by atoms with van der Waals surface area (Å²) < 4.78 is 11.0. The molecule has 0 saturated carbocycles. The van der Waals surface area contributed by atoms with Crippen LogP contribution in [0.1, 0.15) is 50.2 Å². The Morgan fingerprint density at radius 1 is 1.31 bits per heavy atom. The number of amides is 1. The van der Waals surface area contributed by atoms with E-state index in [-0.39, 0.29) is 12.2 Å². The van der Waals surface area contributed by atoms with Gasteiger partial charge < -0.3 is 14.4 Å². The zero-order chi connectivity index (χ0) is 20.8. The van der Waals surface area contributed by atoms with E-state index in [4.69, 9.17) is 21.1 Å². The quantitative estimate of drug-likeness (QED) is 0.544. The molecule has 5 heteroatoms. The van der Waals surface area contributed by atoms with Gasteiger partial charge in [0.25, 0.3) is 0 Å². The minimum Gasteiger partial charge on any atom is -0.446 e. The number of rotatable bonds is 5. The third kappa shape index (κ3) is 5.74. The lowest BCUT2D eigenvalue weighted by atomic mass is 9.87. The number of likely N-dealkylation sites (tertiary alicyclic amines) is 1. The van der Waals surface area contributed by atoms with Crippen LogP contribution >= 0.6 is 11.6 Å². The molecule has 1 amide bonds. The molecule has 1 aromatic carbocycles. The monoisotopic (exact) mass is 415 g/mol. The Labute approximate surface area is 178 Å². The lowest BCUT2D eigenvalue weighted by molar-refractivity contribution is -0.0108. The number of hydrogen-bond acceptors (Lipinski definition) is 3. The zero-order valence-corrected chi connectivity index (χ0v) is 18.0. The second kappa shape index (κ2) is 10.1. The van der Waals surface area contributed by atoms with Gasteiger partial charge in [0.2, 0.25) is 0 Å². The average Bonchev–Trinajstić information content (AvgIpc) is 2.73. The predicted molar refractivity (Wildman–Crippen MR) is 119 cm³/mol. The number of hydrogen-bond donors (Lipinski definition) is 0. The van der Waals surface area contributed by atoms with Crippen molar-refractivity contribution >= 4 is 29.3 Å². The normalized spacial score (nSPS) is 17.7. The van der Waals surface area contributed by atoms with Crippen LogP contribution in [0.5, 0.6) is 0 Å². The SMILES string of the molecule is C=Cc1cc(Cl)ccc1C(CC(=C)C)=C1CCN(C(=O)OC2CCOCC2)CC1.